The molecule has 296 valence electrons. The highest BCUT2D eigenvalue weighted by Gasteiger charge is 2.12. The molecule has 6 nitrogen and oxygen atoms in total. The van der Waals surface area contributed by atoms with E-state index in [4.69, 9.17) is 9.47 Å². The van der Waals surface area contributed by atoms with E-state index < -0.39 is 18.2 Å². The van der Waals surface area contributed by atoms with E-state index in [2.05, 4.69) is 45.1 Å². The average molecular weight is 717 g/mol. The van der Waals surface area contributed by atoms with Gasteiger partial charge in [-0.15, -0.1) is 0 Å². The predicted molar refractivity (Wildman–Crippen MR) is 216 cm³/mol. The summed E-state index contributed by atoms with van der Waals surface area (Å²) in [5.74, 6) is 0.0950. The van der Waals surface area contributed by atoms with Crippen molar-refractivity contribution in [2.45, 2.75) is 206 Å². The normalized spacial score (nSPS) is 13.4. The van der Waals surface area contributed by atoms with Crippen LogP contribution in [0.5, 0.6) is 0 Å². The van der Waals surface area contributed by atoms with Crippen molar-refractivity contribution in [3.63, 3.8) is 0 Å². The highest BCUT2D eigenvalue weighted by atomic mass is 16.6. The van der Waals surface area contributed by atoms with Gasteiger partial charge in [0.2, 0.25) is 0 Å². The largest absolute Gasteiger partial charge is 0.463 e. The second-order valence-corrected chi connectivity index (χ2v) is 14.8. The molecule has 0 aliphatic rings. The number of esters is 2. The lowest BCUT2D eigenvalue weighted by Crippen LogP contribution is -2.25. The van der Waals surface area contributed by atoms with Crippen LogP contribution >= 0.6 is 0 Å². The van der Waals surface area contributed by atoms with Crippen LogP contribution < -0.4 is 0 Å². The van der Waals surface area contributed by atoms with Gasteiger partial charge in [0, 0.05) is 12.8 Å². The van der Waals surface area contributed by atoms with Crippen molar-refractivity contribution in [1.82, 2.24) is 0 Å². The zero-order valence-corrected chi connectivity index (χ0v) is 33.4. The van der Waals surface area contributed by atoms with Crippen molar-refractivity contribution in [1.29, 1.82) is 0 Å². The van der Waals surface area contributed by atoms with Crippen LogP contribution in [0.2, 0.25) is 0 Å². The van der Waals surface area contributed by atoms with E-state index in [0.29, 0.717) is 19.3 Å². The molecule has 0 spiro atoms. The van der Waals surface area contributed by atoms with Gasteiger partial charge in [-0.05, 0) is 50.9 Å². The summed E-state index contributed by atoms with van der Waals surface area (Å²) in [5, 5.41) is 20.1. The Kier molecular flexibility index (Phi) is 37.4. The van der Waals surface area contributed by atoms with E-state index >= 15 is 0 Å². The van der Waals surface area contributed by atoms with Crippen molar-refractivity contribution < 1.29 is 29.3 Å². The van der Waals surface area contributed by atoms with E-state index in [1.54, 1.807) is 6.08 Å². The molecule has 0 unspecified atom stereocenters. The quantitative estimate of drug-likeness (QED) is 0.0288. The van der Waals surface area contributed by atoms with Gasteiger partial charge in [-0.3, -0.25) is 9.59 Å². The molecule has 0 aromatic rings. The third-order valence-corrected chi connectivity index (χ3v) is 9.10. The van der Waals surface area contributed by atoms with Crippen molar-refractivity contribution in [2.24, 2.45) is 5.92 Å². The molecule has 0 fully saturated rings. The van der Waals surface area contributed by atoms with Gasteiger partial charge in [-0.25, -0.2) is 0 Å². The summed E-state index contributed by atoms with van der Waals surface area (Å²) < 4.78 is 10.3. The number of hydrogen-bond donors (Lipinski definition) is 2. The maximum absolute atomic E-state index is 12.0. The van der Waals surface area contributed by atoms with E-state index in [-0.39, 0.29) is 25.6 Å². The molecular formula is C45H80O6. The number of hydrogen-bond acceptors (Lipinski definition) is 6. The second kappa shape index (κ2) is 39.0. The van der Waals surface area contributed by atoms with Crippen molar-refractivity contribution in [2.75, 3.05) is 13.2 Å². The summed E-state index contributed by atoms with van der Waals surface area (Å²) >= 11 is 0. The number of aliphatic hydroxyl groups excluding tert-OH is 2. The number of unbranched alkanes of at least 4 members (excludes halogenated alkanes) is 18. The zero-order valence-electron chi connectivity index (χ0n) is 33.4. The summed E-state index contributed by atoms with van der Waals surface area (Å²) in [6, 6.07) is 0. The second-order valence-electron chi connectivity index (χ2n) is 14.8. The third kappa shape index (κ3) is 40.4. The molecule has 0 bridgehead atoms. The molecule has 0 radical (unpaired) electrons. The van der Waals surface area contributed by atoms with Crippen LogP contribution in [0.4, 0.5) is 0 Å². The molecule has 0 aromatic heterocycles. The van der Waals surface area contributed by atoms with Crippen LogP contribution in [-0.4, -0.2) is 47.6 Å². The van der Waals surface area contributed by atoms with Crippen LogP contribution in [0.25, 0.3) is 0 Å². The molecule has 2 atom stereocenters. The minimum absolute atomic E-state index is 0.157. The number of ether oxygens (including phenoxy) is 2. The fraction of sp³-hybridized carbons (Fsp3) is 0.778. The lowest BCUT2D eigenvalue weighted by atomic mass is 10.0. The minimum Gasteiger partial charge on any atom is -0.463 e. The molecule has 0 aromatic carbocycles. The smallest absolute Gasteiger partial charge is 0.305 e. The average Bonchev–Trinajstić information content (AvgIpc) is 3.11. The Bertz CT molecular complexity index is 889. The molecule has 0 amide bonds. The van der Waals surface area contributed by atoms with Gasteiger partial charge in [0.15, 0.2) is 0 Å². The van der Waals surface area contributed by atoms with Crippen LogP contribution in [0.15, 0.2) is 48.6 Å². The first-order valence-corrected chi connectivity index (χ1v) is 21.2. The number of rotatable bonds is 37. The Morgan fingerprint density at radius 3 is 1.53 bits per heavy atom. The van der Waals surface area contributed by atoms with Crippen molar-refractivity contribution >= 4 is 11.9 Å². The van der Waals surface area contributed by atoms with Gasteiger partial charge in [-0.2, -0.15) is 0 Å². The van der Waals surface area contributed by atoms with E-state index in [9.17, 15) is 19.8 Å². The van der Waals surface area contributed by atoms with Crippen LogP contribution in [0, 0.1) is 5.92 Å². The molecule has 6 heteroatoms. The van der Waals surface area contributed by atoms with Crippen LogP contribution in [0.3, 0.4) is 0 Å². The first kappa shape index (κ1) is 48.8. The monoisotopic (exact) mass is 717 g/mol. The molecule has 0 heterocycles. The number of allylic oxidation sites excluding steroid dienone is 7. The van der Waals surface area contributed by atoms with Crippen molar-refractivity contribution in [3.8, 4) is 0 Å². The van der Waals surface area contributed by atoms with E-state index in [0.717, 1.165) is 44.4 Å². The number of aliphatic hydroxyl groups is 2. The van der Waals surface area contributed by atoms with Gasteiger partial charge in [0.1, 0.15) is 19.3 Å². The first-order valence-electron chi connectivity index (χ1n) is 21.2. The van der Waals surface area contributed by atoms with Gasteiger partial charge in [0.25, 0.3) is 0 Å². The summed E-state index contributed by atoms with van der Waals surface area (Å²) in [7, 11) is 0. The van der Waals surface area contributed by atoms with Gasteiger partial charge >= 0.3 is 11.9 Å². The fourth-order valence-corrected chi connectivity index (χ4v) is 5.84. The summed E-state index contributed by atoms with van der Waals surface area (Å²) in [5.41, 5.74) is 0. The number of carbonyl (C=O) groups excluding carboxylic acids is 2. The maximum atomic E-state index is 12.0. The Hall–Kier alpha value is -2.18. The van der Waals surface area contributed by atoms with Gasteiger partial charge < -0.3 is 19.7 Å². The highest BCUT2D eigenvalue weighted by molar-refractivity contribution is 5.69. The zero-order chi connectivity index (χ0) is 37.5. The third-order valence-electron chi connectivity index (χ3n) is 9.10. The molecule has 0 aliphatic heterocycles. The molecule has 0 saturated heterocycles. The lowest BCUT2D eigenvalue weighted by Gasteiger charge is -2.12. The Morgan fingerprint density at radius 1 is 0.529 bits per heavy atom. The van der Waals surface area contributed by atoms with Crippen LogP contribution in [-0.2, 0) is 19.1 Å². The summed E-state index contributed by atoms with van der Waals surface area (Å²) in [4.78, 5) is 24.0. The first-order chi connectivity index (χ1) is 24.8. The molecule has 2 N–H and O–H groups in total. The topological polar surface area (TPSA) is 93.1 Å². The number of carbonyl (C=O) groups is 2. The lowest BCUT2D eigenvalue weighted by molar-refractivity contribution is -0.152. The summed E-state index contributed by atoms with van der Waals surface area (Å²) in [6.07, 6.45) is 44.9. The van der Waals surface area contributed by atoms with E-state index in [1.807, 2.05) is 18.2 Å². The molecule has 51 heavy (non-hydrogen) atoms. The van der Waals surface area contributed by atoms with Gasteiger partial charge in [0.05, 0.1) is 6.10 Å². The predicted octanol–water partition coefficient (Wildman–Crippen LogP) is 12.2. The fourth-order valence-electron chi connectivity index (χ4n) is 5.84. The Morgan fingerprint density at radius 2 is 1.00 bits per heavy atom. The van der Waals surface area contributed by atoms with Crippen LogP contribution in [0.1, 0.15) is 194 Å². The molecule has 0 aliphatic carbocycles. The van der Waals surface area contributed by atoms with Gasteiger partial charge in [-0.1, -0.05) is 185 Å². The van der Waals surface area contributed by atoms with E-state index in [1.165, 1.54) is 109 Å². The Balaban J connectivity index is 3.58. The maximum Gasteiger partial charge on any atom is 0.305 e. The Labute approximate surface area is 314 Å². The summed E-state index contributed by atoms with van der Waals surface area (Å²) in [6.45, 7) is 6.47. The molecular weight excluding hydrogens is 636 g/mol. The molecule has 0 rings (SSSR count). The molecule has 0 saturated carbocycles. The minimum atomic E-state index is -1.04. The highest BCUT2D eigenvalue weighted by Crippen LogP contribution is 2.15. The standard InChI is InChI=1S/C45H80O6/c1-4-5-6-7-8-9-10-15-19-22-25-28-31-35-42(46)36-33-38-45(49)51-40-43(47)39-50-44(48)37-32-29-26-23-20-17-14-12-11-13-16-18-21-24-27-30-34-41(2)3/h8-9,15,19,25,28,31,35,41-43,46-47H,4-7,10-14,16-18,20-24,26-27,29-30,32-34,36-40H2,1-3H3/b9-8-,19-15-,28-25-,35-31+/t42-,43+/m1/s1. The SMILES string of the molecule is CCCCC/C=C\C/C=C\C/C=C\C=C\[C@@H](O)CCCC(=O)OC[C@@H](O)COC(=O)CCCCCCCCCCCCCCCCCCC(C)C. The van der Waals surface area contributed by atoms with Crippen molar-refractivity contribution in [3.05, 3.63) is 48.6 Å².